The van der Waals surface area contributed by atoms with Crippen molar-refractivity contribution in [2.75, 3.05) is 0 Å². The Morgan fingerprint density at radius 3 is 1.76 bits per heavy atom. The molecule has 0 spiro atoms. The van der Waals surface area contributed by atoms with Crippen molar-refractivity contribution >= 4 is 85.9 Å². The number of fused-ring (bicyclic) bond motifs is 11. The number of hydrogen-bond acceptors (Lipinski definition) is 6. The number of rotatable bonds is 5. The van der Waals surface area contributed by atoms with Crippen molar-refractivity contribution in [3.05, 3.63) is 194 Å². The molecule has 4 heterocycles. The summed E-state index contributed by atoms with van der Waals surface area (Å²) >= 11 is 1.80. The van der Waals surface area contributed by atoms with Gasteiger partial charge in [0, 0.05) is 69.4 Å². The molecule has 4 aromatic heterocycles. The van der Waals surface area contributed by atoms with Gasteiger partial charge in [0.15, 0.2) is 17.5 Å². The van der Waals surface area contributed by atoms with Crippen LogP contribution in [0.4, 0.5) is 0 Å². The van der Waals surface area contributed by atoms with Crippen LogP contribution in [0.25, 0.3) is 131 Å². The highest BCUT2D eigenvalue weighted by Crippen LogP contribution is 2.44. The van der Waals surface area contributed by atoms with Gasteiger partial charge in [0.1, 0.15) is 11.2 Å². The SMILES string of the molecule is c1ccc(-c2nc(-c3ccc4c(c3)sc3ccccc34)nc(-c3ccc(-c4ccc5nc(-c6ccccc6)c6ccc7oc8ccccc8c7c6c5c4)c4ccccc34)n2)cc1. The third-order valence-electron chi connectivity index (χ3n) is 12.1. The molecular weight excluding hydrogens is 777 g/mol. The first-order valence-corrected chi connectivity index (χ1v) is 21.5. The quantitative estimate of drug-likeness (QED) is 0.162. The van der Waals surface area contributed by atoms with Crippen LogP contribution < -0.4 is 0 Å². The molecule has 0 saturated carbocycles. The van der Waals surface area contributed by atoms with Gasteiger partial charge < -0.3 is 4.42 Å². The minimum absolute atomic E-state index is 0.629. The molecule has 0 radical (unpaired) electrons. The van der Waals surface area contributed by atoms with Gasteiger partial charge in [-0.2, -0.15) is 0 Å². The molecular formula is C56H32N4OS. The minimum atomic E-state index is 0.629. The van der Waals surface area contributed by atoms with Crippen LogP contribution in [0.15, 0.2) is 199 Å². The van der Waals surface area contributed by atoms with E-state index in [1.807, 2.05) is 36.4 Å². The highest BCUT2D eigenvalue weighted by Gasteiger charge is 2.20. The van der Waals surface area contributed by atoms with Crippen LogP contribution in [0.5, 0.6) is 0 Å². The first kappa shape index (κ1) is 34.8. The van der Waals surface area contributed by atoms with Crippen LogP contribution in [-0.4, -0.2) is 19.9 Å². The van der Waals surface area contributed by atoms with Gasteiger partial charge in [-0.1, -0.05) is 146 Å². The van der Waals surface area contributed by atoms with Crippen LogP contribution in [0, 0.1) is 0 Å². The van der Waals surface area contributed by atoms with E-state index in [9.17, 15) is 0 Å². The fraction of sp³-hybridized carbons (Fsp3) is 0. The van der Waals surface area contributed by atoms with Crippen molar-refractivity contribution in [1.29, 1.82) is 0 Å². The summed E-state index contributed by atoms with van der Waals surface area (Å²) in [4.78, 5) is 20.8. The summed E-state index contributed by atoms with van der Waals surface area (Å²) < 4.78 is 8.92. The van der Waals surface area contributed by atoms with Crippen LogP contribution in [-0.2, 0) is 0 Å². The number of nitrogens with zero attached hydrogens (tertiary/aromatic N) is 4. The van der Waals surface area contributed by atoms with Crippen molar-refractivity contribution in [2.24, 2.45) is 0 Å². The van der Waals surface area contributed by atoms with E-state index in [-0.39, 0.29) is 0 Å². The number of para-hydroxylation sites is 1. The summed E-state index contributed by atoms with van der Waals surface area (Å²) in [7, 11) is 0. The molecule has 62 heavy (non-hydrogen) atoms. The lowest BCUT2D eigenvalue weighted by atomic mass is 9.91. The molecule has 0 amide bonds. The van der Waals surface area contributed by atoms with Crippen molar-refractivity contribution in [1.82, 2.24) is 19.9 Å². The summed E-state index contributed by atoms with van der Waals surface area (Å²) in [6, 6.07) is 67.9. The Morgan fingerprint density at radius 2 is 0.935 bits per heavy atom. The normalized spacial score (nSPS) is 11.9. The number of benzene rings is 9. The van der Waals surface area contributed by atoms with Crippen molar-refractivity contribution in [3.63, 3.8) is 0 Å². The van der Waals surface area contributed by atoms with E-state index >= 15 is 0 Å². The van der Waals surface area contributed by atoms with Gasteiger partial charge in [0.25, 0.3) is 0 Å². The fourth-order valence-corrected chi connectivity index (χ4v) is 10.4. The molecule has 0 saturated heterocycles. The fourth-order valence-electron chi connectivity index (χ4n) is 9.24. The second-order valence-electron chi connectivity index (χ2n) is 15.7. The first-order valence-electron chi connectivity index (χ1n) is 20.7. The smallest absolute Gasteiger partial charge is 0.164 e. The molecule has 0 fully saturated rings. The van der Waals surface area contributed by atoms with Gasteiger partial charge in [-0.25, -0.2) is 19.9 Å². The average Bonchev–Trinajstić information content (AvgIpc) is 3.92. The molecule has 0 N–H and O–H groups in total. The summed E-state index contributed by atoms with van der Waals surface area (Å²) in [5.41, 5.74) is 9.75. The zero-order chi connectivity index (χ0) is 40.7. The standard InChI is InChI=1S/C56H32N4OS/c1-3-13-33(14-4-1)53-44-28-30-48-52(43-20-9-11-21-47(43)61-48)51(44)45-31-35(24-29-46(45)57-53)37-26-27-42(39-18-8-7-17-38(37)39)56-59-54(34-15-5-2-6-16-34)58-55(60-56)36-23-25-41-40-19-10-12-22-49(40)62-50(41)32-36/h1-32H. The first-order chi connectivity index (χ1) is 30.7. The molecule has 288 valence electrons. The zero-order valence-corrected chi connectivity index (χ0v) is 33.9. The molecule has 0 aliphatic carbocycles. The Bertz CT molecular complexity index is 3930. The number of aromatic nitrogens is 4. The summed E-state index contributed by atoms with van der Waals surface area (Å²) in [6.45, 7) is 0. The predicted molar refractivity (Wildman–Crippen MR) is 257 cm³/mol. The van der Waals surface area contributed by atoms with Crippen LogP contribution in [0.3, 0.4) is 0 Å². The van der Waals surface area contributed by atoms with Crippen molar-refractivity contribution in [2.45, 2.75) is 0 Å². The number of pyridine rings is 1. The summed E-state index contributed by atoms with van der Waals surface area (Å²) in [5, 5.41) is 10.2. The third-order valence-corrected chi connectivity index (χ3v) is 13.3. The second-order valence-corrected chi connectivity index (χ2v) is 16.8. The van der Waals surface area contributed by atoms with Gasteiger partial charge >= 0.3 is 0 Å². The Hall–Kier alpha value is -8.06. The topological polar surface area (TPSA) is 64.7 Å². The largest absolute Gasteiger partial charge is 0.456 e. The zero-order valence-electron chi connectivity index (χ0n) is 33.1. The number of hydrogen-bond donors (Lipinski definition) is 0. The maximum Gasteiger partial charge on any atom is 0.164 e. The van der Waals surface area contributed by atoms with Gasteiger partial charge in [-0.15, -0.1) is 11.3 Å². The van der Waals surface area contributed by atoms with E-state index in [1.165, 1.54) is 20.2 Å². The van der Waals surface area contributed by atoms with Crippen LogP contribution in [0.1, 0.15) is 0 Å². The monoisotopic (exact) mass is 808 g/mol. The van der Waals surface area contributed by atoms with Crippen LogP contribution in [0.2, 0.25) is 0 Å². The molecule has 6 heteroatoms. The molecule has 0 atom stereocenters. The summed E-state index contributed by atoms with van der Waals surface area (Å²) in [6.07, 6.45) is 0. The summed E-state index contributed by atoms with van der Waals surface area (Å²) in [5.74, 6) is 1.91. The predicted octanol–water partition coefficient (Wildman–Crippen LogP) is 15.3. The van der Waals surface area contributed by atoms with Gasteiger partial charge in [0.05, 0.1) is 11.2 Å². The second kappa shape index (κ2) is 13.7. The maximum atomic E-state index is 6.45. The van der Waals surface area contributed by atoms with E-state index in [4.69, 9.17) is 24.4 Å². The Labute approximate surface area is 359 Å². The van der Waals surface area contributed by atoms with Gasteiger partial charge in [-0.3, -0.25) is 0 Å². The average molecular weight is 809 g/mol. The highest BCUT2D eigenvalue weighted by molar-refractivity contribution is 7.25. The van der Waals surface area contributed by atoms with Crippen molar-refractivity contribution < 1.29 is 4.42 Å². The van der Waals surface area contributed by atoms with E-state index in [1.54, 1.807) is 11.3 Å². The lowest BCUT2D eigenvalue weighted by Crippen LogP contribution is -2.00. The lowest BCUT2D eigenvalue weighted by molar-refractivity contribution is 0.669. The Kier molecular flexibility index (Phi) is 7.71. The van der Waals surface area contributed by atoms with E-state index < -0.39 is 0 Å². The van der Waals surface area contributed by atoms with E-state index in [0.717, 1.165) is 93.5 Å². The highest BCUT2D eigenvalue weighted by atomic mass is 32.1. The molecule has 0 bridgehead atoms. The maximum absolute atomic E-state index is 6.45. The van der Waals surface area contributed by atoms with E-state index in [2.05, 4.69) is 158 Å². The minimum Gasteiger partial charge on any atom is -0.456 e. The Balaban J connectivity index is 1.01. The molecule has 13 aromatic rings. The van der Waals surface area contributed by atoms with Crippen molar-refractivity contribution in [3.8, 4) is 56.5 Å². The van der Waals surface area contributed by atoms with Gasteiger partial charge in [-0.05, 0) is 70.4 Å². The molecule has 5 nitrogen and oxygen atoms in total. The molecule has 9 aromatic carbocycles. The molecule has 0 aliphatic heterocycles. The Morgan fingerprint density at radius 1 is 0.323 bits per heavy atom. The van der Waals surface area contributed by atoms with Crippen LogP contribution >= 0.6 is 11.3 Å². The molecule has 13 rings (SSSR count). The number of furan rings is 1. The third kappa shape index (κ3) is 5.47. The lowest BCUT2D eigenvalue weighted by Gasteiger charge is -2.15. The van der Waals surface area contributed by atoms with Gasteiger partial charge in [0.2, 0.25) is 0 Å². The molecule has 0 aliphatic rings. The molecule has 0 unspecified atom stereocenters. The van der Waals surface area contributed by atoms with E-state index in [0.29, 0.717) is 17.5 Å². The number of thiophene rings is 1.